The largest absolute Gasteiger partial charge is 0.372 e. The van der Waals surface area contributed by atoms with Gasteiger partial charge in [0.15, 0.2) is 13.5 Å². The van der Waals surface area contributed by atoms with E-state index in [1.165, 1.54) is 36.1 Å². The van der Waals surface area contributed by atoms with Gasteiger partial charge in [0.25, 0.3) is 0 Å². The fourth-order valence-electron chi connectivity index (χ4n) is 3.57. The minimum atomic E-state index is 0.273. The lowest BCUT2D eigenvalue weighted by Crippen LogP contribution is -2.39. The van der Waals surface area contributed by atoms with Gasteiger partial charge in [-0.1, -0.05) is 29.8 Å². The molecule has 2 heterocycles. The molecule has 2 aromatic carbocycles. The first-order chi connectivity index (χ1) is 13.8. The Hall–Kier alpha value is -2.57. The summed E-state index contributed by atoms with van der Waals surface area (Å²) in [5.74, 6) is 0.754. The van der Waals surface area contributed by atoms with Gasteiger partial charge >= 0.3 is 0 Å². The third-order valence-electron chi connectivity index (χ3n) is 5.18. The third-order valence-corrected chi connectivity index (χ3v) is 5.18. The van der Waals surface area contributed by atoms with E-state index in [4.69, 9.17) is 14.8 Å². The quantitative estimate of drug-likeness (QED) is 0.814. The number of hydrogen-bond donors (Lipinski definition) is 1. The van der Waals surface area contributed by atoms with Crippen molar-refractivity contribution in [1.82, 2.24) is 10.2 Å². The monoisotopic (exact) mass is 380 g/mol. The molecule has 2 aliphatic heterocycles. The summed E-state index contributed by atoms with van der Waals surface area (Å²) in [6.07, 6.45) is 3.90. The van der Waals surface area contributed by atoms with Gasteiger partial charge in [0.2, 0.25) is 5.96 Å². The third kappa shape index (κ3) is 4.82. The van der Waals surface area contributed by atoms with Crippen molar-refractivity contribution in [2.45, 2.75) is 32.7 Å². The molecular weight excluding hydrogens is 352 g/mol. The Morgan fingerprint density at radius 2 is 1.68 bits per heavy atom. The average Bonchev–Trinajstić information content (AvgIpc) is 2.96. The number of hydrogen-bond acceptors (Lipinski definition) is 4. The summed E-state index contributed by atoms with van der Waals surface area (Å²) >= 11 is 0. The Morgan fingerprint density at radius 1 is 0.929 bits per heavy atom. The van der Waals surface area contributed by atoms with Gasteiger partial charge in [-0.15, -0.1) is 0 Å². The number of rotatable bonds is 4. The van der Waals surface area contributed by atoms with Crippen LogP contribution in [-0.4, -0.2) is 37.4 Å². The molecule has 6 nitrogen and oxygen atoms in total. The Kier molecular flexibility index (Phi) is 6.09. The minimum Gasteiger partial charge on any atom is -0.372 e. The maximum absolute atomic E-state index is 5.25. The highest BCUT2D eigenvalue weighted by Crippen LogP contribution is 2.23. The van der Waals surface area contributed by atoms with Gasteiger partial charge in [0, 0.05) is 25.3 Å². The fraction of sp³-hybridized carbons (Fsp3) is 0.409. The molecule has 6 heteroatoms. The van der Waals surface area contributed by atoms with Gasteiger partial charge in [-0.3, -0.25) is 0 Å². The zero-order valence-electron chi connectivity index (χ0n) is 16.4. The van der Waals surface area contributed by atoms with Gasteiger partial charge in [-0.2, -0.15) is 0 Å². The van der Waals surface area contributed by atoms with Crippen LogP contribution in [-0.2, 0) is 16.3 Å². The lowest BCUT2D eigenvalue weighted by molar-refractivity contribution is -0.305. The highest BCUT2D eigenvalue weighted by atomic mass is 17.2. The Morgan fingerprint density at radius 3 is 2.43 bits per heavy atom. The number of nitrogens with zero attached hydrogens (tertiary/aromatic N) is 3. The molecule has 0 aromatic heterocycles. The van der Waals surface area contributed by atoms with Crippen LogP contribution in [0.3, 0.4) is 0 Å². The molecule has 0 radical (unpaired) electrons. The molecule has 0 unspecified atom stereocenters. The molecule has 0 amide bonds. The number of guanidine groups is 1. The van der Waals surface area contributed by atoms with Crippen LogP contribution >= 0.6 is 0 Å². The highest BCUT2D eigenvalue weighted by Gasteiger charge is 2.17. The summed E-state index contributed by atoms with van der Waals surface area (Å²) in [4.78, 5) is 19.7. The molecule has 28 heavy (non-hydrogen) atoms. The molecule has 2 aliphatic rings. The Labute approximate surface area is 166 Å². The van der Waals surface area contributed by atoms with Crippen molar-refractivity contribution in [2.75, 3.05) is 31.5 Å². The van der Waals surface area contributed by atoms with E-state index in [-0.39, 0.29) is 6.73 Å². The van der Waals surface area contributed by atoms with Crippen LogP contribution in [0.2, 0.25) is 0 Å². The van der Waals surface area contributed by atoms with E-state index in [1.807, 2.05) is 4.90 Å². The van der Waals surface area contributed by atoms with Crippen LogP contribution in [0.5, 0.6) is 0 Å². The molecule has 4 rings (SSSR count). The molecule has 0 aliphatic carbocycles. The Balaban J connectivity index is 1.50. The van der Waals surface area contributed by atoms with E-state index < -0.39 is 0 Å². The predicted molar refractivity (Wildman–Crippen MR) is 111 cm³/mol. The molecule has 148 valence electrons. The second-order valence-electron chi connectivity index (χ2n) is 7.37. The van der Waals surface area contributed by atoms with Crippen LogP contribution < -0.4 is 10.2 Å². The summed E-state index contributed by atoms with van der Waals surface area (Å²) < 4.78 is 0. The number of nitrogens with one attached hydrogen (secondary N) is 1. The second-order valence-corrected chi connectivity index (χ2v) is 7.37. The Bertz CT molecular complexity index is 783. The number of aliphatic imine (C=N–C) groups is 1. The second kappa shape index (κ2) is 9.08. The van der Waals surface area contributed by atoms with Crippen molar-refractivity contribution in [1.29, 1.82) is 0 Å². The first-order valence-corrected chi connectivity index (χ1v) is 10.0. The lowest BCUT2D eigenvalue weighted by atomic mass is 10.1. The van der Waals surface area contributed by atoms with Crippen molar-refractivity contribution in [3.63, 3.8) is 0 Å². The van der Waals surface area contributed by atoms with E-state index >= 15 is 0 Å². The summed E-state index contributed by atoms with van der Waals surface area (Å²) in [5, 5.41) is 3.21. The summed E-state index contributed by atoms with van der Waals surface area (Å²) in [6.45, 7) is 5.68. The number of anilines is 1. The van der Waals surface area contributed by atoms with Crippen LogP contribution in [0.25, 0.3) is 0 Å². The van der Waals surface area contributed by atoms with Gasteiger partial charge in [0.05, 0.1) is 5.69 Å². The minimum absolute atomic E-state index is 0.273. The first-order valence-electron chi connectivity index (χ1n) is 10.0. The highest BCUT2D eigenvalue weighted by molar-refractivity contribution is 5.82. The maximum Gasteiger partial charge on any atom is 0.203 e. The van der Waals surface area contributed by atoms with Crippen LogP contribution in [0.4, 0.5) is 11.4 Å². The fourth-order valence-corrected chi connectivity index (χ4v) is 3.57. The van der Waals surface area contributed by atoms with Gasteiger partial charge in [0.1, 0.15) is 0 Å². The van der Waals surface area contributed by atoms with Crippen LogP contribution in [0, 0.1) is 6.92 Å². The van der Waals surface area contributed by atoms with Crippen LogP contribution in [0.1, 0.15) is 30.4 Å². The van der Waals surface area contributed by atoms with E-state index in [9.17, 15) is 0 Å². The van der Waals surface area contributed by atoms with E-state index in [2.05, 4.69) is 65.7 Å². The van der Waals surface area contributed by atoms with Crippen molar-refractivity contribution >= 4 is 17.3 Å². The molecule has 0 atom stereocenters. The number of aryl methyl sites for hydroxylation is 1. The van der Waals surface area contributed by atoms with Gasteiger partial charge in [-0.25, -0.2) is 14.8 Å². The SMILES string of the molecule is Cc1ccc(CN2COOCN/C2=N\c2ccc(N3CCCCC3)cc2)cc1. The summed E-state index contributed by atoms with van der Waals surface area (Å²) in [5.41, 5.74) is 4.64. The smallest absolute Gasteiger partial charge is 0.203 e. The topological polar surface area (TPSA) is 49.3 Å². The normalized spacial score (nSPS) is 19.4. The van der Waals surface area contributed by atoms with Crippen LogP contribution in [0.15, 0.2) is 53.5 Å². The van der Waals surface area contributed by atoms with Crippen molar-refractivity contribution in [3.8, 4) is 0 Å². The van der Waals surface area contributed by atoms with Crippen molar-refractivity contribution in [3.05, 3.63) is 59.7 Å². The van der Waals surface area contributed by atoms with E-state index in [1.54, 1.807) is 0 Å². The average molecular weight is 380 g/mol. The van der Waals surface area contributed by atoms with Crippen molar-refractivity contribution < 1.29 is 9.78 Å². The zero-order valence-corrected chi connectivity index (χ0v) is 16.4. The van der Waals surface area contributed by atoms with E-state index in [0.29, 0.717) is 13.3 Å². The first kappa shape index (κ1) is 18.8. The predicted octanol–water partition coefficient (Wildman–Crippen LogP) is 3.94. The molecule has 2 aromatic rings. The van der Waals surface area contributed by atoms with Gasteiger partial charge in [-0.05, 0) is 56.0 Å². The number of benzene rings is 2. The molecule has 2 saturated heterocycles. The summed E-state index contributed by atoms with van der Waals surface area (Å²) in [6, 6.07) is 17.0. The maximum atomic E-state index is 5.25. The van der Waals surface area contributed by atoms with E-state index in [0.717, 1.165) is 24.7 Å². The molecular formula is C22H28N4O2. The standard InChI is InChI=1S/C22H28N4O2/c1-18-5-7-19(8-6-18)15-26-17-28-27-16-23-22(26)24-20-9-11-21(12-10-20)25-13-3-2-4-14-25/h5-12H,2-4,13-17H2,1H3,(H,23,24). The lowest BCUT2D eigenvalue weighted by Gasteiger charge is -2.28. The summed E-state index contributed by atoms with van der Waals surface area (Å²) in [7, 11) is 0. The van der Waals surface area contributed by atoms with Gasteiger partial charge < -0.3 is 15.1 Å². The molecule has 0 saturated carbocycles. The number of piperidine rings is 1. The molecule has 0 bridgehead atoms. The molecule has 1 N–H and O–H groups in total. The zero-order chi connectivity index (χ0) is 19.2. The van der Waals surface area contributed by atoms with Crippen molar-refractivity contribution in [2.24, 2.45) is 4.99 Å². The molecule has 0 spiro atoms. The molecule has 2 fully saturated rings.